The predicted octanol–water partition coefficient (Wildman–Crippen LogP) is 4.48. The summed E-state index contributed by atoms with van der Waals surface area (Å²) in [5, 5.41) is 11.9. The first kappa shape index (κ1) is 13.2. The van der Waals surface area contributed by atoms with Crippen LogP contribution in [0.3, 0.4) is 0 Å². The maximum Gasteiger partial charge on any atom is 0.153 e. The van der Waals surface area contributed by atoms with Gasteiger partial charge in [-0.1, -0.05) is 41.9 Å². The van der Waals surface area contributed by atoms with Crippen molar-refractivity contribution in [2.45, 2.75) is 12.5 Å². The Morgan fingerprint density at radius 2 is 1.90 bits per heavy atom. The van der Waals surface area contributed by atoms with Crippen LogP contribution >= 0.6 is 11.6 Å². The molecule has 0 radical (unpaired) electrons. The fourth-order valence-electron chi connectivity index (χ4n) is 2.26. The fraction of sp³-hybridized carbons (Fsp3) is 0.125. The smallest absolute Gasteiger partial charge is 0.153 e. The van der Waals surface area contributed by atoms with E-state index in [0.717, 1.165) is 5.39 Å². The summed E-state index contributed by atoms with van der Waals surface area (Å²) >= 11 is 6.05. The van der Waals surface area contributed by atoms with Crippen molar-refractivity contribution < 1.29 is 13.9 Å². The molecule has 0 saturated heterocycles. The number of hydrogen-bond acceptors (Lipinski definition) is 2. The van der Waals surface area contributed by atoms with E-state index in [-0.39, 0.29) is 11.3 Å². The van der Waals surface area contributed by atoms with Gasteiger partial charge >= 0.3 is 0 Å². The van der Waals surface area contributed by atoms with E-state index in [1.165, 1.54) is 19.1 Å². The van der Waals surface area contributed by atoms with E-state index in [0.29, 0.717) is 10.6 Å². The van der Waals surface area contributed by atoms with Crippen molar-refractivity contribution in [1.82, 2.24) is 0 Å². The molecule has 2 nitrogen and oxygen atoms in total. The molecule has 20 heavy (non-hydrogen) atoms. The molecule has 1 unspecified atom stereocenters. The van der Waals surface area contributed by atoms with Crippen LogP contribution in [0.2, 0.25) is 5.02 Å². The molecule has 1 aromatic heterocycles. The normalized spacial score (nSPS) is 14.4. The van der Waals surface area contributed by atoms with Gasteiger partial charge in [-0.3, -0.25) is 0 Å². The third-order valence-corrected chi connectivity index (χ3v) is 3.67. The highest BCUT2D eigenvalue weighted by molar-refractivity contribution is 6.34. The van der Waals surface area contributed by atoms with Gasteiger partial charge in [-0.2, -0.15) is 0 Å². The molecule has 0 amide bonds. The Balaban J connectivity index is 2.19. The molecule has 3 rings (SSSR count). The second-order valence-corrected chi connectivity index (χ2v) is 5.23. The topological polar surface area (TPSA) is 33.4 Å². The van der Waals surface area contributed by atoms with Gasteiger partial charge in [-0.15, -0.1) is 0 Å². The molecule has 1 N–H and O–H groups in total. The average molecular weight is 291 g/mol. The van der Waals surface area contributed by atoms with Crippen molar-refractivity contribution in [3.63, 3.8) is 0 Å². The van der Waals surface area contributed by atoms with E-state index in [1.807, 2.05) is 6.07 Å². The van der Waals surface area contributed by atoms with E-state index in [4.69, 9.17) is 16.0 Å². The van der Waals surface area contributed by atoms with Crippen molar-refractivity contribution in [2.75, 3.05) is 0 Å². The summed E-state index contributed by atoms with van der Waals surface area (Å²) in [5.74, 6) is -0.227. The zero-order chi connectivity index (χ0) is 14.3. The standard InChI is InChI=1S/C16H12ClFO2/c1-16(19,11-6-2-3-8-13(11)18)14-9-10-5-4-7-12(17)15(10)20-14/h2-9,19H,1H3. The Hall–Kier alpha value is -1.84. The SMILES string of the molecule is CC(O)(c1cc2cccc(Cl)c2o1)c1ccccc1F. The van der Waals surface area contributed by atoms with Crippen molar-refractivity contribution >= 4 is 22.6 Å². The lowest BCUT2D eigenvalue weighted by Gasteiger charge is -2.21. The van der Waals surface area contributed by atoms with Crippen molar-refractivity contribution in [2.24, 2.45) is 0 Å². The lowest BCUT2D eigenvalue weighted by atomic mass is 9.93. The molecule has 0 spiro atoms. The molecule has 0 saturated carbocycles. The van der Waals surface area contributed by atoms with Crippen molar-refractivity contribution in [3.05, 3.63) is 70.7 Å². The van der Waals surface area contributed by atoms with Crippen LogP contribution in [-0.2, 0) is 5.60 Å². The number of rotatable bonds is 2. The van der Waals surface area contributed by atoms with E-state index in [2.05, 4.69) is 0 Å². The number of fused-ring (bicyclic) bond motifs is 1. The van der Waals surface area contributed by atoms with Crippen LogP contribution in [0, 0.1) is 5.82 Å². The van der Waals surface area contributed by atoms with Crippen LogP contribution in [0.5, 0.6) is 0 Å². The molecule has 1 heterocycles. The minimum atomic E-state index is -1.56. The van der Waals surface area contributed by atoms with Crippen LogP contribution in [-0.4, -0.2) is 5.11 Å². The largest absolute Gasteiger partial charge is 0.456 e. The van der Waals surface area contributed by atoms with Crippen LogP contribution in [0.1, 0.15) is 18.2 Å². The Labute approximate surface area is 120 Å². The van der Waals surface area contributed by atoms with Crippen molar-refractivity contribution in [1.29, 1.82) is 0 Å². The summed E-state index contributed by atoms with van der Waals surface area (Å²) in [6.45, 7) is 1.50. The maximum atomic E-state index is 13.9. The third-order valence-electron chi connectivity index (χ3n) is 3.37. The molecule has 2 aromatic carbocycles. The first-order chi connectivity index (χ1) is 9.50. The number of halogens is 2. The first-order valence-corrected chi connectivity index (χ1v) is 6.54. The number of benzene rings is 2. The zero-order valence-electron chi connectivity index (χ0n) is 10.7. The maximum absolute atomic E-state index is 13.9. The van der Waals surface area contributed by atoms with E-state index in [9.17, 15) is 9.50 Å². The van der Waals surface area contributed by atoms with Gasteiger partial charge in [0.2, 0.25) is 0 Å². The highest BCUT2D eigenvalue weighted by Crippen LogP contribution is 2.36. The summed E-state index contributed by atoms with van der Waals surface area (Å²) in [6.07, 6.45) is 0. The Bertz CT molecular complexity index is 777. The van der Waals surface area contributed by atoms with E-state index < -0.39 is 11.4 Å². The summed E-state index contributed by atoms with van der Waals surface area (Å²) in [4.78, 5) is 0. The number of para-hydroxylation sites is 1. The van der Waals surface area contributed by atoms with Gasteiger partial charge in [-0.05, 0) is 25.1 Å². The summed E-state index contributed by atoms with van der Waals surface area (Å²) in [7, 11) is 0. The Kier molecular flexibility index (Phi) is 3.04. The fourth-order valence-corrected chi connectivity index (χ4v) is 2.48. The predicted molar refractivity (Wildman–Crippen MR) is 76.3 cm³/mol. The quantitative estimate of drug-likeness (QED) is 0.755. The van der Waals surface area contributed by atoms with Gasteiger partial charge in [0, 0.05) is 10.9 Å². The third kappa shape index (κ3) is 1.99. The number of furan rings is 1. The minimum absolute atomic E-state index is 0.162. The molecule has 0 aliphatic carbocycles. The van der Waals surface area contributed by atoms with E-state index in [1.54, 1.807) is 30.3 Å². The van der Waals surface area contributed by atoms with Crippen molar-refractivity contribution in [3.8, 4) is 0 Å². The lowest BCUT2D eigenvalue weighted by Crippen LogP contribution is -2.23. The Morgan fingerprint density at radius 3 is 2.60 bits per heavy atom. The Morgan fingerprint density at radius 1 is 1.15 bits per heavy atom. The molecule has 0 fully saturated rings. The summed E-state index contributed by atoms with van der Waals surface area (Å²) in [5.41, 5.74) is -0.913. The van der Waals surface area contributed by atoms with Gasteiger partial charge in [0.1, 0.15) is 17.2 Å². The first-order valence-electron chi connectivity index (χ1n) is 6.16. The minimum Gasteiger partial charge on any atom is -0.456 e. The molecule has 3 aromatic rings. The van der Waals surface area contributed by atoms with Crippen LogP contribution in [0.15, 0.2) is 52.9 Å². The molecular formula is C16H12ClFO2. The molecule has 102 valence electrons. The lowest BCUT2D eigenvalue weighted by molar-refractivity contribution is 0.0748. The molecule has 0 aliphatic rings. The van der Waals surface area contributed by atoms with Gasteiger partial charge in [0.25, 0.3) is 0 Å². The number of hydrogen-bond donors (Lipinski definition) is 1. The molecule has 4 heteroatoms. The van der Waals surface area contributed by atoms with Gasteiger partial charge < -0.3 is 9.52 Å². The summed E-state index contributed by atoms with van der Waals surface area (Å²) < 4.78 is 19.5. The average Bonchev–Trinajstić information content (AvgIpc) is 2.85. The summed E-state index contributed by atoms with van der Waals surface area (Å²) in [6, 6.07) is 13.1. The van der Waals surface area contributed by atoms with Crippen LogP contribution in [0.4, 0.5) is 4.39 Å². The molecule has 1 atom stereocenters. The van der Waals surface area contributed by atoms with Gasteiger partial charge in [-0.25, -0.2) is 4.39 Å². The van der Waals surface area contributed by atoms with Gasteiger partial charge in [0.05, 0.1) is 5.02 Å². The van der Waals surface area contributed by atoms with Gasteiger partial charge in [0.15, 0.2) is 5.58 Å². The highest BCUT2D eigenvalue weighted by atomic mass is 35.5. The molecule has 0 bridgehead atoms. The van der Waals surface area contributed by atoms with Crippen LogP contribution in [0.25, 0.3) is 11.0 Å². The highest BCUT2D eigenvalue weighted by Gasteiger charge is 2.32. The molecular weight excluding hydrogens is 279 g/mol. The zero-order valence-corrected chi connectivity index (χ0v) is 11.5. The monoisotopic (exact) mass is 290 g/mol. The molecule has 0 aliphatic heterocycles. The van der Waals surface area contributed by atoms with Crippen LogP contribution < -0.4 is 0 Å². The number of aliphatic hydroxyl groups is 1. The second-order valence-electron chi connectivity index (χ2n) is 4.82. The second kappa shape index (κ2) is 4.62. The van der Waals surface area contributed by atoms with E-state index >= 15 is 0 Å².